The number of amides is 1. The molecule has 0 aliphatic carbocycles. The smallest absolute Gasteiger partial charge is 0.264 e. The molecule has 8 heteroatoms. The molecular formula is C15H19N3O4S. The standard InChI is InChI=1S/C15H19N3O4S/c1-4-13(5-2)23(20,21)18-14(19)11-7-6-8-12(9-11)15-17-16-10(3)22-15/h6-9,13H,4-5H2,1-3H3,(H,18,19). The molecule has 1 amide bonds. The van der Waals surface area contributed by atoms with Gasteiger partial charge in [0.2, 0.25) is 21.8 Å². The van der Waals surface area contributed by atoms with Crippen LogP contribution in [0.5, 0.6) is 0 Å². The Hall–Kier alpha value is -2.22. The Labute approximate surface area is 135 Å². The highest BCUT2D eigenvalue weighted by atomic mass is 32.2. The first-order valence-corrected chi connectivity index (χ1v) is 8.88. The summed E-state index contributed by atoms with van der Waals surface area (Å²) in [7, 11) is -3.69. The minimum atomic E-state index is -3.69. The van der Waals surface area contributed by atoms with E-state index in [1.54, 1.807) is 32.9 Å². The van der Waals surface area contributed by atoms with Crippen LogP contribution in [-0.2, 0) is 10.0 Å². The lowest BCUT2D eigenvalue weighted by atomic mass is 10.1. The summed E-state index contributed by atoms with van der Waals surface area (Å²) >= 11 is 0. The Morgan fingerprint density at radius 3 is 2.52 bits per heavy atom. The molecule has 0 saturated heterocycles. The fourth-order valence-corrected chi connectivity index (χ4v) is 3.63. The molecule has 0 atom stereocenters. The SMILES string of the molecule is CCC(CC)S(=O)(=O)NC(=O)c1cccc(-c2nnc(C)o2)c1. The molecule has 0 spiro atoms. The van der Waals surface area contributed by atoms with Gasteiger partial charge in [-0.3, -0.25) is 4.79 Å². The van der Waals surface area contributed by atoms with E-state index in [0.29, 0.717) is 24.3 Å². The summed E-state index contributed by atoms with van der Waals surface area (Å²) in [5.41, 5.74) is 0.770. The second-order valence-electron chi connectivity index (χ2n) is 5.12. The number of nitrogens with zero attached hydrogens (tertiary/aromatic N) is 2. The average Bonchev–Trinajstić information content (AvgIpc) is 2.94. The third-order valence-corrected chi connectivity index (χ3v) is 5.50. The maximum atomic E-state index is 12.2. The van der Waals surface area contributed by atoms with Crippen molar-refractivity contribution in [1.29, 1.82) is 0 Å². The Kier molecular flexibility index (Phi) is 5.15. The number of nitrogens with one attached hydrogen (secondary N) is 1. The van der Waals surface area contributed by atoms with Gasteiger partial charge in [-0.2, -0.15) is 0 Å². The van der Waals surface area contributed by atoms with Crippen molar-refractivity contribution in [3.05, 3.63) is 35.7 Å². The molecule has 1 N–H and O–H groups in total. The van der Waals surface area contributed by atoms with Crippen molar-refractivity contribution in [3.63, 3.8) is 0 Å². The van der Waals surface area contributed by atoms with Gasteiger partial charge >= 0.3 is 0 Å². The lowest BCUT2D eigenvalue weighted by molar-refractivity contribution is 0.0981. The van der Waals surface area contributed by atoms with Gasteiger partial charge in [-0.15, -0.1) is 10.2 Å². The summed E-state index contributed by atoms with van der Waals surface area (Å²) in [6, 6.07) is 6.39. The van der Waals surface area contributed by atoms with Gasteiger partial charge in [0.25, 0.3) is 5.91 Å². The first-order chi connectivity index (χ1) is 10.9. The number of rotatable bonds is 6. The van der Waals surface area contributed by atoms with Gasteiger partial charge in [-0.25, -0.2) is 13.1 Å². The monoisotopic (exact) mass is 337 g/mol. The lowest BCUT2D eigenvalue weighted by Crippen LogP contribution is -2.37. The number of hydrogen-bond donors (Lipinski definition) is 1. The molecule has 0 saturated carbocycles. The molecule has 0 unspecified atom stereocenters. The quantitative estimate of drug-likeness (QED) is 0.867. The third-order valence-electron chi connectivity index (χ3n) is 3.48. The van der Waals surface area contributed by atoms with Crippen LogP contribution in [0.15, 0.2) is 28.7 Å². The molecule has 0 aliphatic rings. The molecule has 1 aromatic heterocycles. The number of aryl methyl sites for hydroxylation is 1. The summed E-state index contributed by atoms with van der Waals surface area (Å²) < 4.78 is 31.8. The third kappa shape index (κ3) is 3.95. The van der Waals surface area contributed by atoms with Crippen LogP contribution in [0.1, 0.15) is 42.9 Å². The largest absolute Gasteiger partial charge is 0.421 e. The minimum Gasteiger partial charge on any atom is -0.421 e. The van der Waals surface area contributed by atoms with Crippen LogP contribution < -0.4 is 4.72 Å². The summed E-state index contributed by atoms with van der Waals surface area (Å²) in [4.78, 5) is 12.2. The van der Waals surface area contributed by atoms with E-state index in [-0.39, 0.29) is 11.5 Å². The van der Waals surface area contributed by atoms with Gasteiger partial charge < -0.3 is 4.42 Å². The maximum Gasteiger partial charge on any atom is 0.264 e. The summed E-state index contributed by atoms with van der Waals surface area (Å²) in [5, 5.41) is 7.02. The van der Waals surface area contributed by atoms with E-state index >= 15 is 0 Å². The fraction of sp³-hybridized carbons (Fsp3) is 0.400. The summed E-state index contributed by atoms with van der Waals surface area (Å²) in [6.45, 7) is 5.21. The van der Waals surface area contributed by atoms with Gasteiger partial charge in [-0.1, -0.05) is 19.9 Å². The maximum absolute atomic E-state index is 12.2. The van der Waals surface area contributed by atoms with Crippen LogP contribution in [0.4, 0.5) is 0 Å². The Morgan fingerprint density at radius 2 is 1.96 bits per heavy atom. The number of carbonyl (C=O) groups excluding carboxylic acids is 1. The molecule has 124 valence electrons. The van der Waals surface area contributed by atoms with E-state index in [1.807, 2.05) is 0 Å². The van der Waals surface area contributed by atoms with Crippen LogP contribution in [0.3, 0.4) is 0 Å². The second kappa shape index (κ2) is 6.91. The van der Waals surface area contributed by atoms with Crippen molar-refractivity contribution in [2.24, 2.45) is 0 Å². The lowest BCUT2D eigenvalue weighted by Gasteiger charge is -2.14. The number of benzene rings is 1. The van der Waals surface area contributed by atoms with Crippen molar-refractivity contribution in [2.75, 3.05) is 0 Å². The predicted molar refractivity (Wildman–Crippen MR) is 85.2 cm³/mol. The van der Waals surface area contributed by atoms with Crippen molar-refractivity contribution in [3.8, 4) is 11.5 Å². The molecule has 0 radical (unpaired) electrons. The van der Waals surface area contributed by atoms with Crippen LogP contribution in [0.2, 0.25) is 0 Å². The predicted octanol–water partition coefficient (Wildman–Crippen LogP) is 2.29. The van der Waals surface area contributed by atoms with E-state index in [4.69, 9.17) is 4.42 Å². The zero-order valence-electron chi connectivity index (χ0n) is 13.2. The Balaban J connectivity index is 2.24. The van der Waals surface area contributed by atoms with Gasteiger partial charge in [0.1, 0.15) is 0 Å². The molecule has 1 aromatic carbocycles. The second-order valence-corrected chi connectivity index (χ2v) is 7.08. The van der Waals surface area contributed by atoms with Crippen molar-refractivity contribution >= 4 is 15.9 Å². The van der Waals surface area contributed by atoms with E-state index in [9.17, 15) is 13.2 Å². The van der Waals surface area contributed by atoms with Crippen LogP contribution >= 0.6 is 0 Å². The highest BCUT2D eigenvalue weighted by Crippen LogP contribution is 2.19. The zero-order chi connectivity index (χ0) is 17.0. The van der Waals surface area contributed by atoms with E-state index in [0.717, 1.165) is 0 Å². The number of carbonyl (C=O) groups is 1. The molecule has 1 heterocycles. The number of aromatic nitrogens is 2. The molecule has 2 aromatic rings. The van der Waals surface area contributed by atoms with Crippen molar-refractivity contribution < 1.29 is 17.6 Å². The molecule has 7 nitrogen and oxygen atoms in total. The van der Waals surface area contributed by atoms with Gasteiger partial charge in [-0.05, 0) is 31.0 Å². The highest BCUT2D eigenvalue weighted by Gasteiger charge is 2.24. The first kappa shape index (κ1) is 17.1. The summed E-state index contributed by atoms with van der Waals surface area (Å²) in [5.74, 6) is 0.0150. The molecule has 0 bridgehead atoms. The number of sulfonamides is 1. The van der Waals surface area contributed by atoms with Crippen LogP contribution in [-0.4, -0.2) is 29.8 Å². The Morgan fingerprint density at radius 1 is 1.26 bits per heavy atom. The van der Waals surface area contributed by atoms with Crippen LogP contribution in [0.25, 0.3) is 11.5 Å². The highest BCUT2D eigenvalue weighted by molar-refractivity contribution is 7.90. The molecule has 0 aliphatic heterocycles. The van der Waals surface area contributed by atoms with Gasteiger partial charge in [0, 0.05) is 18.1 Å². The van der Waals surface area contributed by atoms with E-state index < -0.39 is 21.2 Å². The molecule has 0 fully saturated rings. The molecule has 23 heavy (non-hydrogen) atoms. The van der Waals surface area contributed by atoms with Crippen molar-refractivity contribution in [2.45, 2.75) is 38.9 Å². The molecular weight excluding hydrogens is 318 g/mol. The number of hydrogen-bond acceptors (Lipinski definition) is 6. The fourth-order valence-electron chi connectivity index (χ4n) is 2.21. The van der Waals surface area contributed by atoms with Crippen molar-refractivity contribution in [1.82, 2.24) is 14.9 Å². The van der Waals surface area contributed by atoms with Gasteiger partial charge in [0.05, 0.1) is 5.25 Å². The summed E-state index contributed by atoms with van der Waals surface area (Å²) in [6.07, 6.45) is 0.890. The minimum absolute atomic E-state index is 0.216. The zero-order valence-corrected chi connectivity index (χ0v) is 14.1. The van der Waals surface area contributed by atoms with Crippen LogP contribution in [0, 0.1) is 6.92 Å². The average molecular weight is 337 g/mol. The molecule has 2 rings (SSSR count). The topological polar surface area (TPSA) is 102 Å². The first-order valence-electron chi connectivity index (χ1n) is 7.33. The van der Waals surface area contributed by atoms with E-state index in [1.165, 1.54) is 12.1 Å². The Bertz CT molecular complexity index is 795. The van der Waals surface area contributed by atoms with E-state index in [2.05, 4.69) is 14.9 Å². The van der Waals surface area contributed by atoms with Gasteiger partial charge in [0.15, 0.2) is 0 Å². The normalized spacial score (nSPS) is 11.7.